The van der Waals surface area contributed by atoms with Gasteiger partial charge >= 0.3 is 5.97 Å². The maximum Gasteiger partial charge on any atom is 0.313 e. The van der Waals surface area contributed by atoms with Crippen molar-refractivity contribution in [3.05, 3.63) is 90.0 Å². The highest BCUT2D eigenvalue weighted by atomic mass is 35.5. The van der Waals surface area contributed by atoms with Gasteiger partial charge in [0.15, 0.2) is 0 Å². The summed E-state index contributed by atoms with van der Waals surface area (Å²) >= 11 is 6.64. The van der Waals surface area contributed by atoms with Crippen molar-refractivity contribution in [2.75, 3.05) is 24.7 Å². The highest BCUT2D eigenvalue weighted by Crippen LogP contribution is 2.64. The predicted molar refractivity (Wildman–Crippen MR) is 155 cm³/mol. The number of carbonyl (C=O) groups is 3. The molecule has 5 rings (SSSR count). The standard InChI is InChI=1S/C32H35ClN2O6/c1-5-17-34(26-20(3)11-10-14-22(26)33)29(38)27-32-16-15-31(4,41-32)25(30(39)40-18-6-2)24(32)28(37)35(27)23(19-36)21-12-8-7-9-13-21/h5-14,23-25,27,36H,1-2,15-19H2,3-4H3/t23-,24+,25+,27?,31-,32?/m1/s1. The third-order valence-corrected chi connectivity index (χ3v) is 9.08. The molecule has 3 aliphatic rings. The Morgan fingerprint density at radius 3 is 2.56 bits per heavy atom. The fourth-order valence-corrected chi connectivity index (χ4v) is 7.45. The smallest absolute Gasteiger partial charge is 0.313 e. The summed E-state index contributed by atoms with van der Waals surface area (Å²) in [5.41, 5.74) is -0.361. The number of likely N-dealkylation sites (tertiary alicyclic amines) is 1. The lowest BCUT2D eigenvalue weighted by atomic mass is 9.66. The maximum absolute atomic E-state index is 14.9. The van der Waals surface area contributed by atoms with Crippen LogP contribution in [0.25, 0.3) is 0 Å². The van der Waals surface area contributed by atoms with Gasteiger partial charge in [0.2, 0.25) is 5.91 Å². The van der Waals surface area contributed by atoms with Crippen molar-refractivity contribution in [3.8, 4) is 0 Å². The van der Waals surface area contributed by atoms with Gasteiger partial charge in [-0.3, -0.25) is 14.4 Å². The molecule has 3 aliphatic heterocycles. The Labute approximate surface area is 245 Å². The molecule has 6 atom stereocenters. The number of benzene rings is 2. The molecule has 41 heavy (non-hydrogen) atoms. The Balaban J connectivity index is 1.69. The number of rotatable bonds is 10. The summed E-state index contributed by atoms with van der Waals surface area (Å²) in [7, 11) is 0. The Morgan fingerprint density at radius 1 is 1.20 bits per heavy atom. The molecule has 0 aliphatic carbocycles. The number of halogens is 1. The van der Waals surface area contributed by atoms with E-state index >= 15 is 0 Å². The number of carbonyl (C=O) groups excluding carboxylic acids is 3. The fraction of sp³-hybridized carbons (Fsp3) is 0.406. The van der Waals surface area contributed by atoms with E-state index in [0.29, 0.717) is 29.1 Å². The average molecular weight is 579 g/mol. The van der Waals surface area contributed by atoms with E-state index in [4.69, 9.17) is 21.1 Å². The van der Waals surface area contributed by atoms with Crippen molar-refractivity contribution in [2.24, 2.45) is 11.8 Å². The van der Waals surface area contributed by atoms with Gasteiger partial charge < -0.3 is 24.4 Å². The Kier molecular flexibility index (Phi) is 7.85. The highest BCUT2D eigenvalue weighted by Gasteiger charge is 2.79. The quantitative estimate of drug-likeness (QED) is 0.332. The molecular formula is C32H35ClN2O6. The van der Waals surface area contributed by atoms with Crippen LogP contribution in [0.3, 0.4) is 0 Å². The minimum absolute atomic E-state index is 0.00638. The molecule has 2 aromatic rings. The topological polar surface area (TPSA) is 96.4 Å². The first-order chi connectivity index (χ1) is 19.6. The second-order valence-corrected chi connectivity index (χ2v) is 11.6. The summed E-state index contributed by atoms with van der Waals surface area (Å²) in [4.78, 5) is 45.8. The minimum atomic E-state index is -1.31. The number of esters is 1. The van der Waals surface area contributed by atoms with Crippen LogP contribution >= 0.6 is 11.6 Å². The summed E-state index contributed by atoms with van der Waals surface area (Å²) in [6.07, 6.45) is 3.91. The van der Waals surface area contributed by atoms with Gasteiger partial charge in [0, 0.05) is 6.54 Å². The molecule has 3 fully saturated rings. The third-order valence-electron chi connectivity index (χ3n) is 8.78. The summed E-state index contributed by atoms with van der Waals surface area (Å²) in [5, 5.41) is 11.1. The van der Waals surface area contributed by atoms with Crippen molar-refractivity contribution in [3.63, 3.8) is 0 Å². The SMILES string of the molecule is C=CCOC(=O)[C@@H]1[C@H]2C(=O)N([C@H](CO)c3ccccc3)C(C(=O)N(CC=C)c3c(C)cccc3Cl)C23CC[C@@]1(C)O3. The normalized spacial score (nSPS) is 28.7. The van der Waals surface area contributed by atoms with Crippen LogP contribution in [0.4, 0.5) is 5.69 Å². The predicted octanol–water partition coefficient (Wildman–Crippen LogP) is 4.39. The first-order valence-electron chi connectivity index (χ1n) is 13.8. The number of fused-ring (bicyclic) bond motifs is 1. The molecule has 2 amide bonds. The van der Waals surface area contributed by atoms with Gasteiger partial charge in [-0.25, -0.2) is 0 Å². The number of nitrogens with zero attached hydrogens (tertiary/aromatic N) is 2. The number of amides is 2. The van der Waals surface area contributed by atoms with Crippen molar-refractivity contribution in [2.45, 2.75) is 50.0 Å². The Bertz CT molecular complexity index is 1360. The summed E-state index contributed by atoms with van der Waals surface area (Å²) in [6.45, 7) is 10.8. The third kappa shape index (κ3) is 4.49. The second-order valence-electron chi connectivity index (χ2n) is 11.1. The zero-order valence-electron chi connectivity index (χ0n) is 23.3. The van der Waals surface area contributed by atoms with Crippen molar-refractivity contribution >= 4 is 35.1 Å². The first kappa shape index (κ1) is 29.0. The molecule has 3 heterocycles. The molecule has 2 aromatic carbocycles. The number of ether oxygens (including phenoxy) is 2. The van der Waals surface area contributed by atoms with Gasteiger partial charge in [-0.1, -0.05) is 72.8 Å². The summed E-state index contributed by atoms with van der Waals surface area (Å²) < 4.78 is 12.1. The number of aliphatic hydroxyl groups is 1. The van der Waals surface area contributed by atoms with Gasteiger partial charge in [0.25, 0.3) is 5.91 Å². The van der Waals surface area contributed by atoms with Gasteiger partial charge in [-0.15, -0.1) is 6.58 Å². The number of hydrogen-bond acceptors (Lipinski definition) is 6. The molecule has 8 nitrogen and oxygen atoms in total. The second kappa shape index (κ2) is 11.1. The number of para-hydroxylation sites is 1. The van der Waals surface area contributed by atoms with E-state index in [1.807, 2.05) is 31.2 Å². The van der Waals surface area contributed by atoms with Crippen LogP contribution in [0.1, 0.15) is 36.9 Å². The van der Waals surface area contributed by atoms with Crippen LogP contribution in [0.2, 0.25) is 5.02 Å². The van der Waals surface area contributed by atoms with E-state index in [9.17, 15) is 19.5 Å². The van der Waals surface area contributed by atoms with Crippen molar-refractivity contribution < 1.29 is 29.0 Å². The molecule has 9 heteroatoms. The lowest BCUT2D eigenvalue weighted by Gasteiger charge is -2.40. The molecule has 2 bridgehead atoms. The van der Waals surface area contributed by atoms with Gasteiger partial charge in [0.1, 0.15) is 24.2 Å². The monoisotopic (exact) mass is 578 g/mol. The molecule has 1 N–H and O–H groups in total. The largest absolute Gasteiger partial charge is 0.461 e. The summed E-state index contributed by atoms with van der Waals surface area (Å²) in [5.74, 6) is -3.30. The highest BCUT2D eigenvalue weighted by molar-refractivity contribution is 6.34. The number of aryl methyl sites for hydroxylation is 1. The molecule has 2 unspecified atom stereocenters. The molecule has 0 radical (unpaired) electrons. The Hall–Kier alpha value is -3.46. The average Bonchev–Trinajstić information content (AvgIpc) is 3.53. The van der Waals surface area contributed by atoms with Crippen LogP contribution in [0, 0.1) is 18.8 Å². The van der Waals surface area contributed by atoms with Crippen LogP contribution in [0.15, 0.2) is 73.8 Å². The van der Waals surface area contributed by atoms with E-state index in [0.717, 1.165) is 5.56 Å². The van der Waals surface area contributed by atoms with Crippen LogP contribution in [0.5, 0.6) is 0 Å². The molecular weight excluding hydrogens is 544 g/mol. The first-order valence-corrected chi connectivity index (χ1v) is 14.2. The molecule has 0 aromatic heterocycles. The van der Waals surface area contributed by atoms with Gasteiger partial charge in [-0.05, 0) is 43.9 Å². The number of hydrogen-bond donors (Lipinski definition) is 1. The van der Waals surface area contributed by atoms with Gasteiger partial charge in [-0.2, -0.15) is 0 Å². The van der Waals surface area contributed by atoms with Crippen molar-refractivity contribution in [1.29, 1.82) is 0 Å². The lowest BCUT2D eigenvalue weighted by Crippen LogP contribution is -2.57. The lowest BCUT2D eigenvalue weighted by molar-refractivity contribution is -0.159. The molecule has 3 saturated heterocycles. The number of aliphatic hydroxyl groups excluding tert-OH is 1. The summed E-state index contributed by atoms with van der Waals surface area (Å²) in [6, 6.07) is 12.4. The van der Waals surface area contributed by atoms with E-state index in [1.54, 1.807) is 37.3 Å². The van der Waals surface area contributed by atoms with E-state index in [-0.39, 0.29) is 13.2 Å². The fourth-order valence-electron chi connectivity index (χ4n) is 7.13. The van der Waals surface area contributed by atoms with Crippen LogP contribution in [-0.4, -0.2) is 64.8 Å². The molecule has 1 spiro atoms. The molecule has 216 valence electrons. The van der Waals surface area contributed by atoms with E-state index in [1.165, 1.54) is 15.9 Å². The zero-order valence-corrected chi connectivity index (χ0v) is 24.0. The minimum Gasteiger partial charge on any atom is -0.461 e. The maximum atomic E-state index is 14.9. The zero-order chi connectivity index (χ0) is 29.5. The number of anilines is 1. The van der Waals surface area contributed by atoms with Gasteiger partial charge in [0.05, 0.1) is 34.9 Å². The van der Waals surface area contributed by atoms with E-state index in [2.05, 4.69) is 13.2 Å². The van der Waals surface area contributed by atoms with Crippen LogP contribution in [-0.2, 0) is 23.9 Å². The van der Waals surface area contributed by atoms with Crippen LogP contribution < -0.4 is 4.90 Å². The van der Waals surface area contributed by atoms with E-state index < -0.39 is 59.5 Å². The molecule has 0 saturated carbocycles. The Morgan fingerprint density at radius 2 is 1.93 bits per heavy atom. The van der Waals surface area contributed by atoms with Crippen molar-refractivity contribution in [1.82, 2.24) is 4.90 Å².